The third-order valence-corrected chi connectivity index (χ3v) is 4.52. The van der Waals surface area contributed by atoms with Gasteiger partial charge in [0.15, 0.2) is 5.58 Å². The number of hydrogen-bond donors (Lipinski definition) is 1. The van der Waals surface area contributed by atoms with Crippen molar-refractivity contribution in [2.75, 3.05) is 33.3 Å². The molecule has 0 radical (unpaired) electrons. The number of rotatable bonds is 7. The predicted molar refractivity (Wildman–Crippen MR) is 96.6 cm³/mol. The first-order chi connectivity index (χ1) is 12.9. The van der Waals surface area contributed by atoms with Gasteiger partial charge in [-0.25, -0.2) is 4.79 Å². The highest BCUT2D eigenvalue weighted by molar-refractivity contribution is 5.76. The highest BCUT2D eigenvalue weighted by Gasteiger charge is 2.18. The fourth-order valence-corrected chi connectivity index (χ4v) is 3.08. The number of likely N-dealkylation sites (N-methyl/N-ethyl adjacent to an activating group) is 1. The lowest BCUT2D eigenvalue weighted by Gasteiger charge is -2.30. The van der Waals surface area contributed by atoms with Gasteiger partial charge in [-0.1, -0.05) is 0 Å². The number of ether oxygens (including phenoxy) is 1. The normalized spacial score (nSPS) is 17.9. The summed E-state index contributed by atoms with van der Waals surface area (Å²) in [5.41, 5.74) is 0.500. The van der Waals surface area contributed by atoms with Crippen LogP contribution in [0.15, 0.2) is 27.4 Å². The van der Waals surface area contributed by atoms with Gasteiger partial charge in [-0.05, 0) is 19.5 Å². The standard InChI is InChI=1S/C17H22N4O6/c1-19-7-8-26-13(11-19)10-18-16(22)3-2-6-20-14-5-4-12(21(24)25)9-15(14)27-17(20)23/h4-5,9,13H,2-3,6-8,10-11H2,1H3,(H,18,22)/t13-/m1/s1. The van der Waals surface area contributed by atoms with Crippen molar-refractivity contribution in [3.05, 3.63) is 38.9 Å². The zero-order chi connectivity index (χ0) is 19.4. The number of carbonyl (C=O) groups excluding carboxylic acids is 1. The molecular formula is C17H22N4O6. The van der Waals surface area contributed by atoms with E-state index in [1.807, 2.05) is 7.05 Å². The molecule has 146 valence electrons. The molecular weight excluding hydrogens is 356 g/mol. The Morgan fingerprint density at radius 2 is 2.26 bits per heavy atom. The Morgan fingerprint density at radius 1 is 1.44 bits per heavy atom. The van der Waals surface area contributed by atoms with E-state index < -0.39 is 10.7 Å². The van der Waals surface area contributed by atoms with E-state index in [1.165, 1.54) is 22.8 Å². The number of oxazole rings is 1. The average Bonchev–Trinajstić information content (AvgIpc) is 2.94. The monoisotopic (exact) mass is 378 g/mol. The van der Waals surface area contributed by atoms with E-state index in [0.717, 1.165) is 13.1 Å². The molecule has 1 fully saturated rings. The van der Waals surface area contributed by atoms with Crippen LogP contribution in [0.4, 0.5) is 5.69 Å². The maximum atomic E-state index is 12.0. The molecule has 10 heteroatoms. The van der Waals surface area contributed by atoms with E-state index in [4.69, 9.17) is 9.15 Å². The van der Waals surface area contributed by atoms with Crippen molar-refractivity contribution in [2.24, 2.45) is 0 Å². The molecule has 3 rings (SSSR count). The van der Waals surface area contributed by atoms with E-state index >= 15 is 0 Å². The molecule has 0 saturated carbocycles. The molecule has 1 aliphatic heterocycles. The first-order valence-corrected chi connectivity index (χ1v) is 8.78. The summed E-state index contributed by atoms with van der Waals surface area (Å²) in [5.74, 6) is -0.701. The van der Waals surface area contributed by atoms with Gasteiger partial charge in [0, 0.05) is 38.7 Å². The molecule has 1 saturated heterocycles. The Hall–Kier alpha value is -2.72. The lowest BCUT2D eigenvalue weighted by atomic mass is 10.2. The van der Waals surface area contributed by atoms with Gasteiger partial charge in [-0.2, -0.15) is 0 Å². The van der Waals surface area contributed by atoms with Crippen molar-refractivity contribution in [2.45, 2.75) is 25.5 Å². The van der Waals surface area contributed by atoms with Crippen molar-refractivity contribution in [3.63, 3.8) is 0 Å². The first-order valence-electron chi connectivity index (χ1n) is 8.78. The largest absolute Gasteiger partial charge is 0.419 e. The van der Waals surface area contributed by atoms with E-state index in [1.54, 1.807) is 0 Å². The van der Waals surface area contributed by atoms with Crippen molar-refractivity contribution in [1.29, 1.82) is 0 Å². The number of amides is 1. The molecule has 1 amide bonds. The number of aryl methyl sites for hydroxylation is 1. The summed E-state index contributed by atoms with van der Waals surface area (Å²) < 4.78 is 12.0. The summed E-state index contributed by atoms with van der Waals surface area (Å²) in [4.78, 5) is 36.4. The molecule has 10 nitrogen and oxygen atoms in total. The molecule has 27 heavy (non-hydrogen) atoms. The lowest BCUT2D eigenvalue weighted by molar-refractivity contribution is -0.384. The minimum absolute atomic E-state index is 0.0103. The molecule has 0 unspecified atom stereocenters. The van der Waals surface area contributed by atoms with Crippen LogP contribution in [0.1, 0.15) is 12.8 Å². The van der Waals surface area contributed by atoms with Crippen LogP contribution >= 0.6 is 0 Å². The summed E-state index contributed by atoms with van der Waals surface area (Å²) >= 11 is 0. The number of morpholine rings is 1. The van der Waals surface area contributed by atoms with Gasteiger partial charge < -0.3 is 19.4 Å². The van der Waals surface area contributed by atoms with Crippen LogP contribution in [-0.2, 0) is 16.1 Å². The number of benzene rings is 1. The van der Waals surface area contributed by atoms with Crippen LogP contribution in [-0.4, -0.2) is 59.7 Å². The SMILES string of the molecule is CN1CCO[C@H](CNC(=O)CCCn2c(=O)oc3cc([N+](=O)[O-])ccc32)C1. The number of nitro benzene ring substituents is 1. The zero-order valence-electron chi connectivity index (χ0n) is 15.1. The highest BCUT2D eigenvalue weighted by Crippen LogP contribution is 2.20. The molecule has 0 bridgehead atoms. The van der Waals surface area contributed by atoms with Crippen molar-refractivity contribution in [3.8, 4) is 0 Å². The van der Waals surface area contributed by atoms with E-state index in [-0.39, 0.29) is 29.7 Å². The molecule has 2 heterocycles. The van der Waals surface area contributed by atoms with Crippen LogP contribution in [0.25, 0.3) is 11.1 Å². The van der Waals surface area contributed by atoms with Crippen LogP contribution in [0, 0.1) is 10.1 Å². The molecule has 2 aromatic rings. The smallest absolute Gasteiger partial charge is 0.407 e. The summed E-state index contributed by atoms with van der Waals surface area (Å²) in [6.45, 7) is 3.08. The number of nitrogens with one attached hydrogen (secondary N) is 1. The number of carbonyl (C=O) groups is 1. The Bertz CT molecular complexity index is 889. The van der Waals surface area contributed by atoms with Crippen LogP contribution in [0.5, 0.6) is 0 Å². The predicted octanol–water partition coefficient (Wildman–Crippen LogP) is 0.730. The van der Waals surface area contributed by atoms with Crippen molar-refractivity contribution >= 4 is 22.7 Å². The third kappa shape index (κ3) is 4.72. The van der Waals surface area contributed by atoms with Gasteiger partial charge in [0.05, 0.1) is 29.2 Å². The molecule has 1 atom stereocenters. The van der Waals surface area contributed by atoms with E-state index in [9.17, 15) is 19.7 Å². The average molecular weight is 378 g/mol. The quantitative estimate of drug-likeness (QED) is 0.557. The Balaban J connectivity index is 1.51. The van der Waals surface area contributed by atoms with Gasteiger partial charge in [0.25, 0.3) is 5.69 Å². The van der Waals surface area contributed by atoms with Gasteiger partial charge in [-0.3, -0.25) is 19.5 Å². The van der Waals surface area contributed by atoms with Gasteiger partial charge in [0.1, 0.15) is 0 Å². The van der Waals surface area contributed by atoms with Crippen LogP contribution in [0.3, 0.4) is 0 Å². The Morgan fingerprint density at radius 3 is 3.00 bits per heavy atom. The maximum absolute atomic E-state index is 12.0. The number of fused-ring (bicyclic) bond motifs is 1. The van der Waals surface area contributed by atoms with E-state index in [0.29, 0.717) is 31.6 Å². The minimum Gasteiger partial charge on any atom is -0.407 e. The molecule has 0 spiro atoms. The van der Waals surface area contributed by atoms with Crippen molar-refractivity contribution in [1.82, 2.24) is 14.8 Å². The molecule has 0 aliphatic carbocycles. The topological polar surface area (TPSA) is 120 Å². The molecule has 1 aliphatic rings. The van der Waals surface area contributed by atoms with Gasteiger partial charge >= 0.3 is 5.76 Å². The molecule has 1 aromatic carbocycles. The fourth-order valence-electron chi connectivity index (χ4n) is 3.08. The zero-order valence-corrected chi connectivity index (χ0v) is 15.1. The Labute approximate surface area is 154 Å². The number of nitrogens with zero attached hydrogens (tertiary/aromatic N) is 3. The second-order valence-corrected chi connectivity index (χ2v) is 6.59. The van der Waals surface area contributed by atoms with Crippen molar-refractivity contribution < 1.29 is 18.9 Å². The summed E-state index contributed by atoms with van der Waals surface area (Å²) in [6, 6.07) is 4.03. The molecule has 1 N–H and O–H groups in total. The van der Waals surface area contributed by atoms with E-state index in [2.05, 4.69) is 10.2 Å². The molecule has 1 aromatic heterocycles. The van der Waals surface area contributed by atoms with Crippen LogP contribution < -0.4 is 11.1 Å². The summed E-state index contributed by atoms with van der Waals surface area (Å²) in [6.07, 6.45) is 0.696. The van der Waals surface area contributed by atoms with Crippen LogP contribution in [0.2, 0.25) is 0 Å². The number of aromatic nitrogens is 1. The Kier molecular flexibility index (Phi) is 5.87. The second kappa shape index (κ2) is 8.31. The summed E-state index contributed by atoms with van der Waals surface area (Å²) in [7, 11) is 2.01. The summed E-state index contributed by atoms with van der Waals surface area (Å²) in [5, 5.41) is 13.6. The lowest BCUT2D eigenvalue weighted by Crippen LogP contribution is -2.45. The minimum atomic E-state index is -0.593. The van der Waals surface area contributed by atoms with Gasteiger partial charge in [-0.15, -0.1) is 0 Å². The van der Waals surface area contributed by atoms with Gasteiger partial charge in [0.2, 0.25) is 5.91 Å². The number of nitro groups is 1. The number of hydrogen-bond acceptors (Lipinski definition) is 7. The fraction of sp³-hybridized carbons (Fsp3) is 0.529. The third-order valence-electron chi connectivity index (χ3n) is 4.52. The first kappa shape index (κ1) is 19.1. The highest BCUT2D eigenvalue weighted by atomic mass is 16.6. The second-order valence-electron chi connectivity index (χ2n) is 6.59. The maximum Gasteiger partial charge on any atom is 0.419 e. The number of non-ortho nitro benzene ring substituents is 1.